The van der Waals surface area contributed by atoms with Crippen molar-refractivity contribution in [3.05, 3.63) is 41.6 Å². The maximum Gasteiger partial charge on any atom is 0.150 e. The summed E-state index contributed by atoms with van der Waals surface area (Å²) in [5.74, 6) is 0.144. The van der Waals surface area contributed by atoms with Gasteiger partial charge in [0.05, 0.1) is 22.9 Å². The van der Waals surface area contributed by atoms with Gasteiger partial charge in [0.15, 0.2) is 0 Å². The van der Waals surface area contributed by atoms with Gasteiger partial charge in [-0.25, -0.2) is 14.4 Å². The molecule has 3 aromatic rings. The highest BCUT2D eigenvalue weighted by molar-refractivity contribution is 7.22. The van der Waals surface area contributed by atoms with E-state index in [1.54, 1.807) is 18.2 Å². The molecule has 0 amide bonds. The molecule has 0 aliphatic heterocycles. The molecule has 1 aromatic carbocycles. The third kappa shape index (κ3) is 2.05. The number of rotatable bonds is 2. The first-order valence-corrected chi connectivity index (χ1v) is 6.63. The van der Waals surface area contributed by atoms with Crippen molar-refractivity contribution in [1.29, 1.82) is 0 Å². The first-order valence-electron chi connectivity index (χ1n) is 5.43. The summed E-state index contributed by atoms with van der Waals surface area (Å²) in [7, 11) is 1.51. The van der Waals surface area contributed by atoms with Gasteiger partial charge in [-0.05, 0) is 18.2 Å². The molecule has 6 heteroatoms. The van der Waals surface area contributed by atoms with Crippen LogP contribution in [0.25, 0.3) is 20.7 Å². The van der Waals surface area contributed by atoms with Crippen molar-refractivity contribution in [1.82, 2.24) is 9.97 Å². The molecule has 2 aromatic heterocycles. The molecule has 3 rings (SSSR count). The number of nitrogens with zero attached hydrogens (tertiary/aromatic N) is 2. The van der Waals surface area contributed by atoms with Gasteiger partial charge >= 0.3 is 0 Å². The summed E-state index contributed by atoms with van der Waals surface area (Å²) in [5.41, 5.74) is 1.12. The van der Waals surface area contributed by atoms with Crippen molar-refractivity contribution in [3.8, 4) is 16.2 Å². The lowest BCUT2D eigenvalue weighted by molar-refractivity contribution is 0.413. The molecule has 0 unspecified atom stereocenters. The van der Waals surface area contributed by atoms with Crippen molar-refractivity contribution >= 4 is 33.2 Å². The van der Waals surface area contributed by atoms with Crippen molar-refractivity contribution in [2.45, 2.75) is 0 Å². The number of aromatic nitrogens is 2. The summed E-state index contributed by atoms with van der Waals surface area (Å²) in [6, 6.07) is 6.51. The maximum atomic E-state index is 14.0. The molecule has 0 N–H and O–H groups in total. The molecule has 0 saturated heterocycles. The highest BCUT2D eigenvalue weighted by Gasteiger charge is 2.16. The number of benzene rings is 1. The Balaban J connectivity index is 2.28. The van der Waals surface area contributed by atoms with Crippen LogP contribution in [0.5, 0.6) is 5.75 Å². The van der Waals surface area contributed by atoms with Crippen molar-refractivity contribution in [3.63, 3.8) is 0 Å². The first-order chi connectivity index (χ1) is 9.20. The topological polar surface area (TPSA) is 35.0 Å². The van der Waals surface area contributed by atoms with Crippen LogP contribution in [-0.2, 0) is 0 Å². The molecule has 0 radical (unpaired) electrons. The number of hydrogen-bond donors (Lipinski definition) is 0. The van der Waals surface area contributed by atoms with Gasteiger partial charge in [0.25, 0.3) is 0 Å². The Morgan fingerprint density at radius 2 is 2.16 bits per heavy atom. The molecule has 0 aliphatic carbocycles. The lowest BCUT2D eigenvalue weighted by Gasteiger charge is -2.06. The number of halogens is 2. The zero-order valence-electron chi connectivity index (χ0n) is 9.85. The van der Waals surface area contributed by atoms with E-state index in [4.69, 9.17) is 16.3 Å². The van der Waals surface area contributed by atoms with E-state index in [0.717, 1.165) is 4.70 Å². The number of thiophene rings is 1. The lowest BCUT2D eigenvalue weighted by atomic mass is 10.1. The van der Waals surface area contributed by atoms with E-state index in [1.807, 2.05) is 0 Å². The van der Waals surface area contributed by atoms with Gasteiger partial charge in [-0.1, -0.05) is 17.7 Å². The summed E-state index contributed by atoms with van der Waals surface area (Å²) in [4.78, 5) is 8.76. The average molecular weight is 295 g/mol. The molecular weight excluding hydrogens is 287 g/mol. The minimum absolute atomic E-state index is 0.338. The Morgan fingerprint density at radius 1 is 1.32 bits per heavy atom. The van der Waals surface area contributed by atoms with Gasteiger partial charge in [-0.2, -0.15) is 0 Å². The molecule has 0 spiro atoms. The predicted octanol–water partition coefficient (Wildman–Crippen LogP) is 4.16. The van der Waals surface area contributed by atoms with Crippen LogP contribution in [0, 0.1) is 5.82 Å². The fraction of sp³-hybridized carbons (Fsp3) is 0.0769. The molecule has 0 aliphatic rings. The van der Waals surface area contributed by atoms with Crippen LogP contribution in [0.1, 0.15) is 0 Å². The molecule has 2 heterocycles. The van der Waals surface area contributed by atoms with Gasteiger partial charge < -0.3 is 4.74 Å². The molecular formula is C13H8ClFN2OS. The smallest absolute Gasteiger partial charge is 0.150 e. The summed E-state index contributed by atoms with van der Waals surface area (Å²) in [5, 5.41) is 0.372. The molecule has 0 atom stereocenters. The van der Waals surface area contributed by atoms with Crippen LogP contribution in [-0.4, -0.2) is 17.1 Å². The van der Waals surface area contributed by atoms with Crippen molar-refractivity contribution in [2.24, 2.45) is 0 Å². The number of fused-ring (bicyclic) bond motifs is 1. The molecule has 96 valence electrons. The van der Waals surface area contributed by atoms with Crippen LogP contribution >= 0.6 is 22.9 Å². The Bertz CT molecular complexity index is 759. The van der Waals surface area contributed by atoms with E-state index < -0.39 is 0 Å². The zero-order valence-corrected chi connectivity index (χ0v) is 11.4. The van der Waals surface area contributed by atoms with E-state index in [1.165, 1.54) is 30.8 Å². The summed E-state index contributed by atoms with van der Waals surface area (Å²) in [6.07, 6.45) is 1.39. The van der Waals surface area contributed by atoms with E-state index in [0.29, 0.717) is 26.9 Å². The lowest BCUT2D eigenvalue weighted by Crippen LogP contribution is -1.89. The molecule has 0 saturated carbocycles. The summed E-state index contributed by atoms with van der Waals surface area (Å²) < 4.78 is 20.0. The second-order valence-electron chi connectivity index (χ2n) is 3.81. The minimum atomic E-state index is -0.338. The molecule has 3 nitrogen and oxygen atoms in total. The van der Waals surface area contributed by atoms with Gasteiger partial charge in [-0.15, -0.1) is 11.3 Å². The SMILES string of the molecule is COc1cccc(F)c1-c1cc2ncnc(Cl)c2s1. The summed E-state index contributed by atoms with van der Waals surface area (Å²) in [6.45, 7) is 0. The molecule has 19 heavy (non-hydrogen) atoms. The standard InChI is InChI=1S/C13H8ClFN2OS/c1-18-9-4-2-3-7(15)11(9)10-5-8-12(19-10)13(14)17-6-16-8/h2-6H,1H3. The third-order valence-corrected chi connectivity index (χ3v) is 4.26. The molecule has 0 fully saturated rings. The van der Waals surface area contributed by atoms with Gasteiger partial charge in [-0.3, -0.25) is 0 Å². The second-order valence-corrected chi connectivity index (χ2v) is 5.22. The van der Waals surface area contributed by atoms with Crippen LogP contribution < -0.4 is 4.74 Å². The zero-order chi connectivity index (χ0) is 13.4. The fourth-order valence-electron chi connectivity index (χ4n) is 1.86. The Labute approximate surface area is 117 Å². The monoisotopic (exact) mass is 294 g/mol. The van der Waals surface area contributed by atoms with Gasteiger partial charge in [0, 0.05) is 4.88 Å². The van der Waals surface area contributed by atoms with Crippen LogP contribution in [0.15, 0.2) is 30.6 Å². The number of hydrogen-bond acceptors (Lipinski definition) is 4. The van der Waals surface area contributed by atoms with Crippen LogP contribution in [0.2, 0.25) is 5.15 Å². The largest absolute Gasteiger partial charge is 0.496 e. The maximum absolute atomic E-state index is 14.0. The Hall–Kier alpha value is -1.72. The van der Waals surface area contributed by atoms with E-state index in [2.05, 4.69) is 9.97 Å². The Kier molecular flexibility index (Phi) is 3.08. The quantitative estimate of drug-likeness (QED) is 0.666. The number of ether oxygens (including phenoxy) is 1. The van der Waals surface area contributed by atoms with Gasteiger partial charge in [0.1, 0.15) is 23.0 Å². The number of methoxy groups -OCH3 is 1. The van der Waals surface area contributed by atoms with Crippen LogP contribution in [0.4, 0.5) is 4.39 Å². The first kappa shape index (κ1) is 12.3. The Morgan fingerprint density at radius 3 is 2.89 bits per heavy atom. The van der Waals surface area contributed by atoms with E-state index in [9.17, 15) is 4.39 Å². The molecule has 0 bridgehead atoms. The minimum Gasteiger partial charge on any atom is -0.496 e. The second kappa shape index (κ2) is 4.75. The highest BCUT2D eigenvalue weighted by Crippen LogP contribution is 2.40. The van der Waals surface area contributed by atoms with E-state index >= 15 is 0 Å². The highest BCUT2D eigenvalue weighted by atomic mass is 35.5. The van der Waals surface area contributed by atoms with Gasteiger partial charge in [0.2, 0.25) is 0 Å². The predicted molar refractivity (Wildman–Crippen MR) is 74.4 cm³/mol. The average Bonchev–Trinajstić information content (AvgIpc) is 2.83. The van der Waals surface area contributed by atoms with E-state index in [-0.39, 0.29) is 5.82 Å². The van der Waals surface area contributed by atoms with Crippen LogP contribution in [0.3, 0.4) is 0 Å². The fourth-order valence-corrected chi connectivity index (χ4v) is 3.16. The third-order valence-electron chi connectivity index (χ3n) is 2.71. The van der Waals surface area contributed by atoms with Crippen molar-refractivity contribution in [2.75, 3.05) is 7.11 Å². The van der Waals surface area contributed by atoms with Crippen molar-refractivity contribution < 1.29 is 9.13 Å². The normalized spacial score (nSPS) is 10.9. The summed E-state index contributed by atoms with van der Waals surface area (Å²) >= 11 is 7.35.